The standard InChI is InChI=1S/C31H33N5O2/c1-36-22-10-11-23(36)18-25(17-22)38-24-12-7-19(8-13-24)29-26-16-21(9-14-27(26)34-35-29)31(37)33-30(20-5-6-20)28-4-2-3-15-32-28/h2-4,7-9,12-16,20,22-23,25,30H,5-6,10-11,17-18H2,1H3,(H,33,37)(H,34,35)/t22?,23?,25?,30-/m1/s1. The van der Waals surface area contributed by atoms with Gasteiger partial charge < -0.3 is 15.0 Å². The number of rotatable bonds is 7. The van der Waals surface area contributed by atoms with Crippen molar-refractivity contribution in [2.45, 2.75) is 62.8 Å². The highest BCUT2D eigenvalue weighted by atomic mass is 16.5. The van der Waals surface area contributed by atoms with E-state index in [2.05, 4.69) is 44.6 Å². The van der Waals surface area contributed by atoms with Gasteiger partial charge in [-0.05, 0) is 106 Å². The van der Waals surface area contributed by atoms with Crippen molar-refractivity contribution >= 4 is 16.8 Å². The highest BCUT2D eigenvalue weighted by molar-refractivity contribution is 6.01. The van der Waals surface area contributed by atoms with Gasteiger partial charge in [-0.3, -0.25) is 14.9 Å². The van der Waals surface area contributed by atoms with Gasteiger partial charge in [-0.15, -0.1) is 0 Å². The lowest BCUT2D eigenvalue weighted by Gasteiger charge is -2.36. The molecule has 2 aromatic carbocycles. The highest BCUT2D eigenvalue weighted by Crippen LogP contribution is 2.41. The Kier molecular flexibility index (Phi) is 5.88. The molecule has 2 aliphatic heterocycles. The summed E-state index contributed by atoms with van der Waals surface area (Å²) in [5, 5.41) is 11.9. The number of hydrogen-bond acceptors (Lipinski definition) is 5. The van der Waals surface area contributed by atoms with Crippen LogP contribution in [0, 0.1) is 5.92 Å². The first-order valence-corrected chi connectivity index (χ1v) is 13.8. The Morgan fingerprint density at radius 3 is 2.53 bits per heavy atom. The minimum atomic E-state index is -0.0857. The molecule has 2 bridgehead atoms. The number of nitrogens with one attached hydrogen (secondary N) is 2. The third-order valence-electron chi connectivity index (χ3n) is 8.70. The van der Waals surface area contributed by atoms with Gasteiger partial charge in [-0.25, -0.2) is 0 Å². The molecule has 3 aliphatic rings. The van der Waals surface area contributed by atoms with Crippen LogP contribution in [-0.2, 0) is 0 Å². The molecule has 7 nitrogen and oxygen atoms in total. The third kappa shape index (κ3) is 4.45. The fourth-order valence-electron chi connectivity index (χ4n) is 6.36. The zero-order valence-electron chi connectivity index (χ0n) is 21.6. The van der Waals surface area contributed by atoms with Gasteiger partial charge in [0.15, 0.2) is 0 Å². The van der Waals surface area contributed by atoms with E-state index in [1.807, 2.05) is 48.5 Å². The maximum Gasteiger partial charge on any atom is 0.251 e. The second-order valence-corrected chi connectivity index (χ2v) is 11.2. The number of ether oxygens (including phenoxy) is 1. The molecule has 4 heterocycles. The Bertz CT molecular complexity index is 1430. The molecule has 2 unspecified atom stereocenters. The fraction of sp³-hybridized carbons (Fsp3) is 0.387. The van der Waals surface area contributed by atoms with E-state index < -0.39 is 0 Å². The number of pyridine rings is 1. The smallest absolute Gasteiger partial charge is 0.251 e. The van der Waals surface area contributed by atoms with Crippen molar-refractivity contribution in [2.24, 2.45) is 5.92 Å². The molecular weight excluding hydrogens is 474 g/mol. The zero-order valence-corrected chi connectivity index (χ0v) is 21.6. The third-order valence-corrected chi connectivity index (χ3v) is 8.70. The molecule has 3 atom stereocenters. The Hall–Kier alpha value is -3.71. The van der Waals surface area contributed by atoms with Crippen LogP contribution < -0.4 is 10.1 Å². The summed E-state index contributed by atoms with van der Waals surface area (Å²) in [5.41, 5.74) is 4.28. The van der Waals surface area contributed by atoms with E-state index in [9.17, 15) is 4.79 Å². The van der Waals surface area contributed by atoms with E-state index >= 15 is 0 Å². The number of amides is 1. The van der Waals surface area contributed by atoms with Gasteiger partial charge in [0.2, 0.25) is 0 Å². The van der Waals surface area contributed by atoms with Gasteiger partial charge in [0.1, 0.15) is 11.9 Å². The summed E-state index contributed by atoms with van der Waals surface area (Å²) in [6, 6.07) is 21.0. The molecule has 2 saturated heterocycles. The minimum Gasteiger partial charge on any atom is -0.490 e. The van der Waals surface area contributed by atoms with Crippen molar-refractivity contribution in [3.63, 3.8) is 0 Å². The maximum absolute atomic E-state index is 13.3. The van der Waals surface area contributed by atoms with Crippen LogP contribution in [0.15, 0.2) is 66.9 Å². The number of piperidine rings is 1. The molecular formula is C31H33N5O2. The lowest BCUT2D eigenvalue weighted by molar-refractivity contribution is 0.0662. The molecule has 2 aromatic heterocycles. The molecule has 7 rings (SSSR count). The molecule has 7 heteroatoms. The van der Waals surface area contributed by atoms with Crippen LogP contribution in [-0.4, -0.2) is 51.2 Å². The molecule has 1 saturated carbocycles. The van der Waals surface area contributed by atoms with Crippen LogP contribution in [0.4, 0.5) is 0 Å². The van der Waals surface area contributed by atoms with Crippen LogP contribution in [0.1, 0.15) is 60.6 Å². The van der Waals surface area contributed by atoms with Crippen LogP contribution in [0.2, 0.25) is 0 Å². The van der Waals surface area contributed by atoms with Gasteiger partial charge in [-0.1, -0.05) is 6.07 Å². The number of aromatic amines is 1. The van der Waals surface area contributed by atoms with Crippen molar-refractivity contribution in [1.82, 2.24) is 25.4 Å². The highest BCUT2D eigenvalue weighted by Gasteiger charge is 2.39. The fourth-order valence-corrected chi connectivity index (χ4v) is 6.36. The van der Waals surface area contributed by atoms with Gasteiger partial charge in [0, 0.05) is 34.8 Å². The van der Waals surface area contributed by atoms with Crippen molar-refractivity contribution in [2.75, 3.05) is 7.05 Å². The number of benzene rings is 2. The van der Waals surface area contributed by atoms with Crippen LogP contribution >= 0.6 is 0 Å². The lowest BCUT2D eigenvalue weighted by Crippen LogP contribution is -2.43. The Balaban J connectivity index is 1.08. The average Bonchev–Trinajstić information content (AvgIpc) is 3.67. The van der Waals surface area contributed by atoms with Crippen LogP contribution in [0.3, 0.4) is 0 Å². The molecule has 1 amide bonds. The first-order valence-electron chi connectivity index (χ1n) is 13.8. The maximum atomic E-state index is 13.3. The van der Waals surface area contributed by atoms with Crippen LogP contribution in [0.5, 0.6) is 5.75 Å². The molecule has 38 heavy (non-hydrogen) atoms. The largest absolute Gasteiger partial charge is 0.490 e. The van der Waals surface area contributed by atoms with Crippen molar-refractivity contribution < 1.29 is 9.53 Å². The average molecular weight is 508 g/mol. The predicted octanol–water partition coefficient (Wildman–Crippen LogP) is 5.51. The van der Waals surface area contributed by atoms with E-state index in [1.165, 1.54) is 12.8 Å². The Morgan fingerprint density at radius 2 is 1.82 bits per heavy atom. The number of hydrogen-bond donors (Lipinski definition) is 2. The summed E-state index contributed by atoms with van der Waals surface area (Å²) in [4.78, 5) is 20.3. The molecule has 194 valence electrons. The van der Waals surface area contributed by atoms with Gasteiger partial charge in [0.05, 0.1) is 22.9 Å². The molecule has 4 aromatic rings. The summed E-state index contributed by atoms with van der Waals surface area (Å²) >= 11 is 0. The van der Waals surface area contributed by atoms with Crippen molar-refractivity contribution in [3.8, 4) is 17.0 Å². The summed E-state index contributed by atoms with van der Waals surface area (Å²) in [6.07, 6.45) is 9.09. The summed E-state index contributed by atoms with van der Waals surface area (Å²) < 4.78 is 6.38. The van der Waals surface area contributed by atoms with E-state index in [-0.39, 0.29) is 18.1 Å². The second kappa shape index (κ2) is 9.55. The topological polar surface area (TPSA) is 83.1 Å². The SMILES string of the molecule is CN1C2CCC1CC(Oc1ccc(-c3n[nH]c4ccc(C(=O)N[C@@H](c5ccccn5)C5CC5)cc34)cc1)C2. The number of H-pyrrole nitrogens is 1. The molecule has 2 N–H and O–H groups in total. The zero-order chi connectivity index (χ0) is 25.6. The number of fused-ring (bicyclic) bond motifs is 3. The summed E-state index contributed by atoms with van der Waals surface area (Å²) in [7, 11) is 2.25. The number of aromatic nitrogens is 3. The normalized spacial score (nSPS) is 23.9. The number of carbonyl (C=O) groups is 1. The molecule has 0 spiro atoms. The van der Waals surface area contributed by atoms with Gasteiger partial charge in [0.25, 0.3) is 5.91 Å². The minimum absolute atomic E-state index is 0.0597. The predicted molar refractivity (Wildman–Crippen MR) is 147 cm³/mol. The quantitative estimate of drug-likeness (QED) is 0.345. The molecule has 3 fully saturated rings. The summed E-state index contributed by atoms with van der Waals surface area (Å²) in [5.74, 6) is 1.27. The first-order chi connectivity index (χ1) is 18.6. The first kappa shape index (κ1) is 23.4. The molecule has 1 aliphatic carbocycles. The number of carbonyl (C=O) groups excluding carboxylic acids is 1. The second-order valence-electron chi connectivity index (χ2n) is 11.2. The Labute approximate surface area is 222 Å². The van der Waals surface area contributed by atoms with Crippen LogP contribution in [0.25, 0.3) is 22.2 Å². The van der Waals surface area contributed by atoms with E-state index in [1.54, 1.807) is 6.20 Å². The number of nitrogens with zero attached hydrogens (tertiary/aromatic N) is 3. The van der Waals surface area contributed by atoms with E-state index in [0.29, 0.717) is 23.6 Å². The molecule has 0 radical (unpaired) electrons. The van der Waals surface area contributed by atoms with Crippen molar-refractivity contribution in [3.05, 3.63) is 78.1 Å². The summed E-state index contributed by atoms with van der Waals surface area (Å²) in [6.45, 7) is 0. The van der Waals surface area contributed by atoms with Gasteiger partial charge >= 0.3 is 0 Å². The van der Waals surface area contributed by atoms with E-state index in [0.717, 1.165) is 59.3 Å². The van der Waals surface area contributed by atoms with Gasteiger partial charge in [-0.2, -0.15) is 5.10 Å². The monoisotopic (exact) mass is 507 g/mol. The lowest BCUT2D eigenvalue weighted by atomic mass is 10.0. The van der Waals surface area contributed by atoms with Crippen molar-refractivity contribution in [1.29, 1.82) is 0 Å². The van der Waals surface area contributed by atoms with E-state index in [4.69, 9.17) is 4.74 Å². The Morgan fingerprint density at radius 1 is 1.03 bits per heavy atom.